The van der Waals surface area contributed by atoms with Crippen LogP contribution in [-0.2, 0) is 4.79 Å². The van der Waals surface area contributed by atoms with Gasteiger partial charge in [0.15, 0.2) is 0 Å². The number of rotatable bonds is 4. The Kier molecular flexibility index (Phi) is 2.92. The lowest BCUT2D eigenvalue weighted by molar-refractivity contribution is -0.120. The SMILES string of the molecule is NC(=O)CN1CC(c2nc(-c3ncccn3)no2)C1. The molecular formula is C11H12N6O2. The zero-order valence-corrected chi connectivity index (χ0v) is 10.1. The van der Waals surface area contributed by atoms with Crippen LogP contribution in [0.5, 0.6) is 0 Å². The van der Waals surface area contributed by atoms with Crippen molar-refractivity contribution >= 4 is 5.91 Å². The van der Waals surface area contributed by atoms with Crippen LogP contribution in [0.1, 0.15) is 11.8 Å². The van der Waals surface area contributed by atoms with Gasteiger partial charge < -0.3 is 10.3 Å². The summed E-state index contributed by atoms with van der Waals surface area (Å²) in [4.78, 5) is 25.0. The maximum Gasteiger partial charge on any atom is 0.240 e. The van der Waals surface area contributed by atoms with E-state index in [1.807, 2.05) is 4.90 Å². The zero-order chi connectivity index (χ0) is 13.2. The summed E-state index contributed by atoms with van der Waals surface area (Å²) >= 11 is 0. The second-order valence-electron chi connectivity index (χ2n) is 4.39. The molecule has 0 aromatic carbocycles. The van der Waals surface area contributed by atoms with Crippen molar-refractivity contribution in [1.29, 1.82) is 0 Å². The molecule has 1 fully saturated rings. The van der Waals surface area contributed by atoms with E-state index in [2.05, 4.69) is 20.1 Å². The number of hydrogen-bond acceptors (Lipinski definition) is 7. The lowest BCUT2D eigenvalue weighted by Gasteiger charge is -2.35. The molecule has 98 valence electrons. The zero-order valence-electron chi connectivity index (χ0n) is 10.1. The molecule has 1 aliphatic heterocycles. The summed E-state index contributed by atoms with van der Waals surface area (Å²) < 4.78 is 5.19. The third kappa shape index (κ3) is 2.43. The van der Waals surface area contributed by atoms with Gasteiger partial charge in [0.1, 0.15) is 0 Å². The van der Waals surface area contributed by atoms with Crippen LogP contribution in [0.25, 0.3) is 11.6 Å². The highest BCUT2D eigenvalue weighted by Gasteiger charge is 2.33. The van der Waals surface area contributed by atoms with E-state index in [0.717, 1.165) is 0 Å². The first-order valence-electron chi connectivity index (χ1n) is 5.84. The Balaban J connectivity index is 1.66. The van der Waals surface area contributed by atoms with E-state index in [0.29, 0.717) is 30.6 Å². The van der Waals surface area contributed by atoms with Gasteiger partial charge in [-0.25, -0.2) is 9.97 Å². The summed E-state index contributed by atoms with van der Waals surface area (Å²) in [7, 11) is 0. The van der Waals surface area contributed by atoms with Crippen LogP contribution in [0.15, 0.2) is 23.0 Å². The van der Waals surface area contributed by atoms with Gasteiger partial charge in [-0.2, -0.15) is 4.98 Å². The number of hydrogen-bond donors (Lipinski definition) is 1. The largest absolute Gasteiger partial charge is 0.369 e. The van der Waals surface area contributed by atoms with Gasteiger partial charge in [0.05, 0.1) is 12.5 Å². The van der Waals surface area contributed by atoms with Crippen molar-refractivity contribution in [3.63, 3.8) is 0 Å². The molecule has 19 heavy (non-hydrogen) atoms. The minimum atomic E-state index is -0.331. The van der Waals surface area contributed by atoms with Crippen LogP contribution in [0.2, 0.25) is 0 Å². The Bertz CT molecular complexity index is 578. The Hall–Kier alpha value is -2.35. The summed E-state index contributed by atoms with van der Waals surface area (Å²) in [6, 6.07) is 1.72. The first kappa shape index (κ1) is 11.7. The molecule has 1 amide bonds. The van der Waals surface area contributed by atoms with Crippen LogP contribution >= 0.6 is 0 Å². The fourth-order valence-corrected chi connectivity index (χ4v) is 1.98. The average molecular weight is 260 g/mol. The van der Waals surface area contributed by atoms with E-state index in [4.69, 9.17) is 10.3 Å². The van der Waals surface area contributed by atoms with Crippen molar-refractivity contribution in [2.75, 3.05) is 19.6 Å². The summed E-state index contributed by atoms with van der Waals surface area (Å²) in [6.07, 6.45) is 3.24. The Morgan fingerprint density at radius 3 is 2.79 bits per heavy atom. The fourth-order valence-electron chi connectivity index (χ4n) is 1.98. The van der Waals surface area contributed by atoms with Crippen LogP contribution < -0.4 is 5.73 Å². The molecule has 0 aliphatic carbocycles. The van der Waals surface area contributed by atoms with Gasteiger partial charge >= 0.3 is 0 Å². The number of carbonyl (C=O) groups excluding carboxylic acids is 1. The van der Waals surface area contributed by atoms with E-state index in [1.165, 1.54) is 0 Å². The van der Waals surface area contributed by atoms with Crippen molar-refractivity contribution in [3.8, 4) is 11.6 Å². The van der Waals surface area contributed by atoms with E-state index in [9.17, 15) is 4.79 Å². The Labute approximate surface area is 108 Å². The molecule has 3 rings (SSSR count). The Morgan fingerprint density at radius 2 is 2.11 bits per heavy atom. The average Bonchev–Trinajstić information content (AvgIpc) is 2.83. The van der Waals surface area contributed by atoms with E-state index < -0.39 is 0 Å². The van der Waals surface area contributed by atoms with Crippen molar-refractivity contribution in [1.82, 2.24) is 25.0 Å². The molecule has 2 N–H and O–H groups in total. The van der Waals surface area contributed by atoms with Crippen LogP contribution in [0, 0.1) is 0 Å². The molecule has 8 nitrogen and oxygen atoms in total. The molecule has 2 aromatic heterocycles. The van der Waals surface area contributed by atoms with Crippen molar-refractivity contribution in [2.24, 2.45) is 5.73 Å². The highest BCUT2D eigenvalue weighted by atomic mass is 16.5. The predicted octanol–water partition coefficient (Wildman–Crippen LogP) is -0.589. The molecule has 0 radical (unpaired) electrons. The molecule has 1 saturated heterocycles. The van der Waals surface area contributed by atoms with E-state index >= 15 is 0 Å². The molecule has 0 atom stereocenters. The maximum atomic E-state index is 10.7. The van der Waals surface area contributed by atoms with Gasteiger partial charge in [-0.15, -0.1) is 0 Å². The fraction of sp³-hybridized carbons (Fsp3) is 0.364. The van der Waals surface area contributed by atoms with Crippen LogP contribution in [0.3, 0.4) is 0 Å². The molecule has 3 heterocycles. The van der Waals surface area contributed by atoms with Gasteiger partial charge in [0.25, 0.3) is 0 Å². The minimum Gasteiger partial charge on any atom is -0.369 e. The second-order valence-corrected chi connectivity index (χ2v) is 4.39. The number of amides is 1. The lowest BCUT2D eigenvalue weighted by atomic mass is 10.0. The monoisotopic (exact) mass is 260 g/mol. The summed E-state index contributed by atoms with van der Waals surface area (Å²) in [5.74, 6) is 1.17. The van der Waals surface area contributed by atoms with Crippen molar-refractivity contribution in [2.45, 2.75) is 5.92 Å². The van der Waals surface area contributed by atoms with Crippen molar-refractivity contribution in [3.05, 3.63) is 24.4 Å². The molecule has 0 spiro atoms. The van der Waals surface area contributed by atoms with Crippen LogP contribution in [0.4, 0.5) is 0 Å². The highest BCUT2D eigenvalue weighted by molar-refractivity contribution is 5.76. The standard InChI is InChI=1S/C11H12N6O2/c12-8(18)6-17-4-7(5-17)11-15-10(16-19-11)9-13-2-1-3-14-9/h1-3,7H,4-6H2,(H2,12,18). The third-order valence-corrected chi connectivity index (χ3v) is 2.89. The molecule has 8 heteroatoms. The first-order valence-corrected chi connectivity index (χ1v) is 5.84. The van der Waals surface area contributed by atoms with Gasteiger partial charge in [-0.05, 0) is 6.07 Å². The van der Waals surface area contributed by atoms with E-state index in [-0.39, 0.29) is 18.4 Å². The maximum absolute atomic E-state index is 10.7. The van der Waals surface area contributed by atoms with Crippen molar-refractivity contribution < 1.29 is 9.32 Å². The number of nitrogens with zero attached hydrogens (tertiary/aromatic N) is 5. The van der Waals surface area contributed by atoms with Gasteiger partial charge in [0, 0.05) is 25.5 Å². The number of likely N-dealkylation sites (tertiary alicyclic amines) is 1. The number of carbonyl (C=O) groups is 1. The quantitative estimate of drug-likeness (QED) is 0.782. The number of aromatic nitrogens is 4. The third-order valence-electron chi connectivity index (χ3n) is 2.89. The lowest BCUT2D eigenvalue weighted by Crippen LogP contribution is -2.48. The topological polar surface area (TPSA) is 111 Å². The van der Waals surface area contributed by atoms with Gasteiger partial charge in [-0.3, -0.25) is 9.69 Å². The van der Waals surface area contributed by atoms with Gasteiger partial charge in [-0.1, -0.05) is 5.16 Å². The number of primary amides is 1. The highest BCUT2D eigenvalue weighted by Crippen LogP contribution is 2.26. The molecule has 0 bridgehead atoms. The normalized spacial score (nSPS) is 16.2. The molecule has 2 aromatic rings. The second kappa shape index (κ2) is 4.73. The summed E-state index contributed by atoms with van der Waals surface area (Å²) in [5.41, 5.74) is 5.12. The molecule has 0 saturated carbocycles. The minimum absolute atomic E-state index is 0.143. The summed E-state index contributed by atoms with van der Waals surface area (Å²) in [5, 5.41) is 3.85. The molecule has 0 unspecified atom stereocenters. The van der Waals surface area contributed by atoms with Gasteiger partial charge in [0.2, 0.25) is 23.4 Å². The summed E-state index contributed by atoms with van der Waals surface area (Å²) in [6.45, 7) is 1.65. The van der Waals surface area contributed by atoms with Crippen LogP contribution in [-0.4, -0.2) is 50.5 Å². The first-order chi connectivity index (χ1) is 9.22. The van der Waals surface area contributed by atoms with E-state index in [1.54, 1.807) is 18.5 Å². The molecule has 1 aliphatic rings. The predicted molar refractivity (Wildman–Crippen MR) is 63.7 cm³/mol. The Morgan fingerprint density at radius 1 is 1.37 bits per heavy atom. The molecular weight excluding hydrogens is 248 g/mol. The number of nitrogens with two attached hydrogens (primary N) is 1. The smallest absolute Gasteiger partial charge is 0.240 e.